The molecule has 2 N–H and O–H groups in total. The summed E-state index contributed by atoms with van der Waals surface area (Å²) in [5.74, 6) is 0.224. The second-order valence-corrected chi connectivity index (χ2v) is 4.80. The first-order valence-corrected chi connectivity index (χ1v) is 6.61. The van der Waals surface area contributed by atoms with Crippen LogP contribution >= 0.6 is 0 Å². The summed E-state index contributed by atoms with van der Waals surface area (Å²) in [6.07, 6.45) is 2.88. The van der Waals surface area contributed by atoms with E-state index in [0.717, 1.165) is 11.0 Å². The van der Waals surface area contributed by atoms with Crippen LogP contribution in [0.3, 0.4) is 0 Å². The summed E-state index contributed by atoms with van der Waals surface area (Å²) in [6.45, 7) is 1.81. The van der Waals surface area contributed by atoms with E-state index in [1.165, 1.54) is 18.5 Å². The van der Waals surface area contributed by atoms with Gasteiger partial charge in [0.15, 0.2) is 5.43 Å². The fourth-order valence-corrected chi connectivity index (χ4v) is 2.15. The summed E-state index contributed by atoms with van der Waals surface area (Å²) < 4.78 is 5.70. The molecule has 1 aromatic carbocycles. The molecule has 2 aromatic heterocycles. The van der Waals surface area contributed by atoms with Crippen LogP contribution in [0.5, 0.6) is 0 Å². The molecule has 21 heavy (non-hydrogen) atoms. The highest BCUT2D eigenvalue weighted by Crippen LogP contribution is 2.23. The van der Waals surface area contributed by atoms with Gasteiger partial charge in [0.05, 0.1) is 6.04 Å². The van der Waals surface area contributed by atoms with Crippen molar-refractivity contribution in [1.82, 2.24) is 10.3 Å². The molecule has 0 saturated carbocycles. The number of benzene rings is 1. The van der Waals surface area contributed by atoms with Gasteiger partial charge in [0.1, 0.15) is 16.9 Å². The number of carbonyl (C=O) groups is 1. The van der Waals surface area contributed by atoms with Crippen molar-refractivity contribution >= 4 is 16.9 Å². The van der Waals surface area contributed by atoms with Crippen LogP contribution in [-0.4, -0.2) is 10.9 Å². The Kier molecular flexibility index (Phi) is 3.31. The predicted molar refractivity (Wildman–Crippen MR) is 79.2 cm³/mol. The average molecular weight is 282 g/mol. The molecule has 1 unspecified atom stereocenters. The number of carbonyl (C=O) groups excluding carboxylic acids is 1. The molecule has 5 heteroatoms. The number of para-hydroxylation sites is 1. The lowest BCUT2D eigenvalue weighted by molar-refractivity contribution is 0.0934. The van der Waals surface area contributed by atoms with Crippen molar-refractivity contribution in [1.29, 1.82) is 0 Å². The third kappa shape index (κ3) is 2.58. The summed E-state index contributed by atoms with van der Waals surface area (Å²) in [7, 11) is 0. The van der Waals surface area contributed by atoms with E-state index in [4.69, 9.17) is 4.42 Å². The Morgan fingerprint density at radius 2 is 2.10 bits per heavy atom. The Morgan fingerprint density at radius 3 is 2.86 bits per heavy atom. The standard InChI is InChI=1S/C16H14N2O3/c1-10(15-8-11-4-2-3-5-14(11)21-15)18-16(20)12-9-17-7-6-13(12)19/h2-10H,1H3,(H,17,19)(H,18,20). The lowest BCUT2D eigenvalue weighted by atomic mass is 10.2. The highest BCUT2D eigenvalue weighted by molar-refractivity contribution is 5.94. The maximum Gasteiger partial charge on any atom is 0.257 e. The largest absolute Gasteiger partial charge is 0.459 e. The van der Waals surface area contributed by atoms with E-state index in [0.29, 0.717) is 5.76 Å². The molecule has 0 bridgehead atoms. The Morgan fingerprint density at radius 1 is 1.29 bits per heavy atom. The molecule has 0 saturated heterocycles. The SMILES string of the molecule is CC(NC(=O)c1c[nH]ccc1=O)c1cc2ccccc2o1. The van der Waals surface area contributed by atoms with E-state index in [1.54, 1.807) is 0 Å². The molecule has 3 rings (SSSR count). The Bertz CT molecular complexity index is 815. The molecule has 0 spiro atoms. The van der Waals surface area contributed by atoms with E-state index in [-0.39, 0.29) is 17.0 Å². The van der Waals surface area contributed by atoms with Crippen LogP contribution in [0.1, 0.15) is 29.1 Å². The van der Waals surface area contributed by atoms with Gasteiger partial charge in [-0.15, -0.1) is 0 Å². The van der Waals surface area contributed by atoms with Gasteiger partial charge < -0.3 is 14.7 Å². The fourth-order valence-electron chi connectivity index (χ4n) is 2.15. The number of H-pyrrole nitrogens is 1. The van der Waals surface area contributed by atoms with Gasteiger partial charge in [-0.3, -0.25) is 9.59 Å². The van der Waals surface area contributed by atoms with Crippen molar-refractivity contribution in [3.8, 4) is 0 Å². The van der Waals surface area contributed by atoms with Crippen LogP contribution in [0.25, 0.3) is 11.0 Å². The number of rotatable bonds is 3. The minimum absolute atomic E-state index is 0.0838. The molecule has 0 fully saturated rings. The van der Waals surface area contributed by atoms with E-state index >= 15 is 0 Å². The quantitative estimate of drug-likeness (QED) is 0.775. The Labute approximate surface area is 120 Å². The van der Waals surface area contributed by atoms with Gasteiger partial charge >= 0.3 is 0 Å². The van der Waals surface area contributed by atoms with Gasteiger partial charge in [0.2, 0.25) is 0 Å². The first-order chi connectivity index (χ1) is 10.1. The number of pyridine rings is 1. The van der Waals surface area contributed by atoms with Gasteiger partial charge in [-0.1, -0.05) is 18.2 Å². The summed E-state index contributed by atoms with van der Waals surface area (Å²) in [5.41, 5.74) is 0.537. The number of fused-ring (bicyclic) bond motifs is 1. The zero-order valence-electron chi connectivity index (χ0n) is 11.4. The topological polar surface area (TPSA) is 75.1 Å². The number of aromatic nitrogens is 1. The number of amides is 1. The lowest BCUT2D eigenvalue weighted by Gasteiger charge is -2.10. The molecule has 5 nitrogen and oxygen atoms in total. The summed E-state index contributed by atoms with van der Waals surface area (Å²) in [6, 6.07) is 10.5. The first kappa shape index (κ1) is 13.2. The highest BCUT2D eigenvalue weighted by Gasteiger charge is 2.16. The van der Waals surface area contributed by atoms with Crippen molar-refractivity contribution in [2.24, 2.45) is 0 Å². The monoisotopic (exact) mass is 282 g/mol. The zero-order chi connectivity index (χ0) is 14.8. The van der Waals surface area contributed by atoms with Crippen molar-refractivity contribution in [2.45, 2.75) is 13.0 Å². The zero-order valence-corrected chi connectivity index (χ0v) is 11.4. The molecule has 1 amide bonds. The number of aromatic amines is 1. The van der Waals surface area contributed by atoms with Gasteiger partial charge in [0, 0.05) is 23.8 Å². The van der Waals surface area contributed by atoms with Crippen molar-refractivity contribution < 1.29 is 9.21 Å². The van der Waals surface area contributed by atoms with E-state index in [9.17, 15) is 9.59 Å². The third-order valence-electron chi connectivity index (χ3n) is 3.29. The molecule has 2 heterocycles. The molecule has 0 aliphatic heterocycles. The van der Waals surface area contributed by atoms with E-state index in [2.05, 4.69) is 10.3 Å². The Hall–Kier alpha value is -2.82. The number of nitrogens with one attached hydrogen (secondary N) is 2. The summed E-state index contributed by atoms with van der Waals surface area (Å²) in [4.78, 5) is 26.4. The van der Waals surface area contributed by atoms with Crippen LogP contribution in [-0.2, 0) is 0 Å². The van der Waals surface area contributed by atoms with Crippen molar-refractivity contribution in [3.63, 3.8) is 0 Å². The molecular formula is C16H14N2O3. The van der Waals surface area contributed by atoms with E-state index < -0.39 is 5.91 Å². The van der Waals surface area contributed by atoms with Crippen LogP contribution in [0.15, 0.2) is 58.0 Å². The Balaban J connectivity index is 1.83. The molecule has 106 valence electrons. The highest BCUT2D eigenvalue weighted by atomic mass is 16.3. The predicted octanol–water partition coefficient (Wildman–Crippen LogP) is 2.61. The molecule has 0 aliphatic carbocycles. The van der Waals surface area contributed by atoms with Crippen molar-refractivity contribution in [3.05, 3.63) is 70.3 Å². The number of hydrogen-bond donors (Lipinski definition) is 2. The van der Waals surface area contributed by atoms with Crippen molar-refractivity contribution in [2.75, 3.05) is 0 Å². The number of hydrogen-bond acceptors (Lipinski definition) is 3. The lowest BCUT2D eigenvalue weighted by Crippen LogP contribution is -2.30. The van der Waals surface area contributed by atoms with Crippen LogP contribution in [0.2, 0.25) is 0 Å². The van der Waals surface area contributed by atoms with Crippen LogP contribution in [0.4, 0.5) is 0 Å². The second kappa shape index (κ2) is 5.28. The fraction of sp³-hybridized carbons (Fsp3) is 0.125. The molecule has 1 atom stereocenters. The van der Waals surface area contributed by atoms with Gasteiger partial charge in [-0.25, -0.2) is 0 Å². The molecule has 0 radical (unpaired) electrons. The van der Waals surface area contributed by atoms with E-state index in [1.807, 2.05) is 37.3 Å². The van der Waals surface area contributed by atoms with Crippen LogP contribution < -0.4 is 10.7 Å². The van der Waals surface area contributed by atoms with Gasteiger partial charge in [-0.2, -0.15) is 0 Å². The first-order valence-electron chi connectivity index (χ1n) is 6.61. The molecular weight excluding hydrogens is 268 g/mol. The van der Waals surface area contributed by atoms with Gasteiger partial charge in [-0.05, 0) is 19.1 Å². The number of furan rings is 1. The summed E-state index contributed by atoms with van der Waals surface area (Å²) in [5, 5.41) is 3.74. The third-order valence-corrected chi connectivity index (χ3v) is 3.29. The van der Waals surface area contributed by atoms with Gasteiger partial charge in [0.25, 0.3) is 5.91 Å². The maximum absolute atomic E-state index is 12.1. The maximum atomic E-state index is 12.1. The minimum atomic E-state index is -0.426. The molecule has 0 aliphatic rings. The normalized spacial score (nSPS) is 12.2. The minimum Gasteiger partial charge on any atom is -0.459 e. The summed E-state index contributed by atoms with van der Waals surface area (Å²) >= 11 is 0. The van der Waals surface area contributed by atoms with Crippen LogP contribution in [0, 0.1) is 0 Å². The molecule has 3 aromatic rings. The average Bonchev–Trinajstić information content (AvgIpc) is 2.91. The second-order valence-electron chi connectivity index (χ2n) is 4.80. The smallest absolute Gasteiger partial charge is 0.257 e.